The van der Waals surface area contributed by atoms with Gasteiger partial charge in [-0.1, -0.05) is 73.7 Å². The lowest BCUT2D eigenvalue weighted by molar-refractivity contribution is -0.142. The number of hydrogen-bond acceptors (Lipinski definition) is 14. The number of ether oxygens (including phenoxy) is 2. The first-order valence-corrected chi connectivity index (χ1v) is 27.6. The summed E-state index contributed by atoms with van der Waals surface area (Å²) in [5.74, 6) is -0.292. The normalized spacial score (nSPS) is 19.2. The van der Waals surface area contributed by atoms with Crippen LogP contribution >= 0.6 is 0 Å². The molecule has 4 aromatic heterocycles. The largest absolute Gasteiger partial charge is 0.505 e. The number of carbonyl (C=O) groups is 2. The number of halogens is 1. The Morgan fingerprint density at radius 1 is 0.937 bits per heavy atom. The maximum atomic E-state index is 16.8. The number of rotatable bonds is 19. The summed E-state index contributed by atoms with van der Waals surface area (Å²) in [6.45, 7) is 7.75. The molecule has 1 aliphatic carbocycles. The van der Waals surface area contributed by atoms with Gasteiger partial charge in [0.2, 0.25) is 11.8 Å². The lowest BCUT2D eigenvalue weighted by Gasteiger charge is -2.30. The number of piperazine rings is 1. The highest BCUT2D eigenvalue weighted by molar-refractivity contribution is 6.06. The van der Waals surface area contributed by atoms with Gasteiger partial charge in [-0.25, -0.2) is 9.07 Å². The van der Waals surface area contributed by atoms with Crippen molar-refractivity contribution in [2.45, 2.75) is 108 Å². The van der Waals surface area contributed by atoms with E-state index in [4.69, 9.17) is 19.4 Å². The van der Waals surface area contributed by atoms with Crippen LogP contribution in [0.2, 0.25) is 0 Å². The van der Waals surface area contributed by atoms with Crippen LogP contribution in [-0.2, 0) is 27.2 Å². The van der Waals surface area contributed by atoms with Crippen LogP contribution in [-0.4, -0.2) is 131 Å². The highest BCUT2D eigenvalue weighted by Gasteiger charge is 2.42. The first-order chi connectivity index (χ1) is 38.4. The Morgan fingerprint density at radius 2 is 1.75 bits per heavy atom. The summed E-state index contributed by atoms with van der Waals surface area (Å²) >= 11 is 0. The van der Waals surface area contributed by atoms with Gasteiger partial charge >= 0.3 is 6.01 Å². The molecule has 0 radical (unpaired) electrons. The van der Waals surface area contributed by atoms with Gasteiger partial charge in [-0.05, 0) is 115 Å². The smallest absolute Gasteiger partial charge is 0.319 e. The van der Waals surface area contributed by atoms with Gasteiger partial charge in [-0.15, -0.1) is 5.10 Å². The van der Waals surface area contributed by atoms with Gasteiger partial charge in [-0.2, -0.15) is 15.1 Å². The number of aliphatic hydroxyl groups excluding tert-OH is 1. The van der Waals surface area contributed by atoms with E-state index in [0.29, 0.717) is 77.1 Å². The van der Waals surface area contributed by atoms with Crippen molar-refractivity contribution in [1.82, 2.24) is 55.7 Å². The van der Waals surface area contributed by atoms with Crippen LogP contribution in [0.1, 0.15) is 93.1 Å². The third kappa shape index (κ3) is 10.1. The Labute approximate surface area is 456 Å². The van der Waals surface area contributed by atoms with Gasteiger partial charge in [0.25, 0.3) is 0 Å². The van der Waals surface area contributed by atoms with Crippen LogP contribution in [0.15, 0.2) is 97.6 Å². The number of amides is 2. The second kappa shape index (κ2) is 21.8. The molecule has 19 heteroatoms. The molecule has 7 heterocycles. The number of nitrogens with one attached hydrogen (secondary N) is 3. The molecule has 3 saturated heterocycles. The predicted molar refractivity (Wildman–Crippen MR) is 297 cm³/mol. The van der Waals surface area contributed by atoms with Crippen LogP contribution in [0.5, 0.6) is 11.8 Å². The fourth-order valence-corrected chi connectivity index (χ4v) is 12.0. The van der Waals surface area contributed by atoms with Crippen LogP contribution in [0.4, 0.5) is 10.2 Å². The zero-order valence-corrected chi connectivity index (χ0v) is 44.8. The first kappa shape index (κ1) is 51.9. The second-order valence-electron chi connectivity index (χ2n) is 22.0. The number of fused-ring (bicyclic) bond motifs is 4. The van der Waals surface area contributed by atoms with Crippen molar-refractivity contribution in [2.24, 2.45) is 5.92 Å². The first-order valence-electron chi connectivity index (χ1n) is 27.6. The summed E-state index contributed by atoms with van der Waals surface area (Å²) in [6, 6.07) is 21.6. The van der Waals surface area contributed by atoms with Crippen molar-refractivity contribution in [3.05, 3.63) is 126 Å². The number of aryl methyl sites for hydroxylation is 1. The van der Waals surface area contributed by atoms with E-state index in [-0.39, 0.29) is 60.8 Å². The minimum Gasteiger partial charge on any atom is -0.505 e. The Balaban J connectivity index is 0.780. The summed E-state index contributed by atoms with van der Waals surface area (Å²) < 4.78 is 30.0. The highest BCUT2D eigenvalue weighted by atomic mass is 19.1. The number of pyridine rings is 1. The number of methoxy groups -OCH3 is 1. The summed E-state index contributed by atoms with van der Waals surface area (Å²) in [4.78, 5) is 46.4. The Bertz CT molecular complexity index is 3530. The minimum absolute atomic E-state index is 0.0410. The number of phenolic OH excluding ortho intramolecular Hbond substituents is 1. The number of phenols is 1. The zero-order valence-electron chi connectivity index (χ0n) is 44.8. The van der Waals surface area contributed by atoms with E-state index in [1.54, 1.807) is 41.5 Å². The summed E-state index contributed by atoms with van der Waals surface area (Å²) in [5, 5.41) is 47.4. The molecule has 1 saturated carbocycles. The van der Waals surface area contributed by atoms with Crippen molar-refractivity contribution in [3.8, 4) is 45.3 Å². The van der Waals surface area contributed by atoms with Gasteiger partial charge < -0.3 is 40.1 Å². The third-order valence-corrected chi connectivity index (χ3v) is 16.4. The standard InChI is InChI=1S/C60H65FN12O6/c1-33(2)55(59(77)71-22-6-8-51(71)58(76)65-50(31-74)39-18-14-36(15-19-39)40-7-5-21-62-26-40)73-30-49(69-70-73)38-12-9-35(10-13-38)11-20-43-47(61)25-48-46(28-64-68-48)52(43)53-44(37-16-17-37)24-45-54(56(53)75)66-60(79-32-34(3)78-4)67-57(45)72-29-41-23-42(72)27-63-41/h5,7,9-10,12-15,18-19,21,24-26,28,30,33-34,37,41-42,50-51,55,63,74-75H,6,8,11,16-17,20,22-23,27,29,31-32H2,1-4H3,(H,64,68)(H,65,76)/t34-,41?,42?,50?,51?,55?/m0/s1. The molecule has 2 bridgehead atoms. The summed E-state index contributed by atoms with van der Waals surface area (Å²) in [7, 11) is 1.62. The number of hydrogen-bond donors (Lipinski definition) is 5. The van der Waals surface area contributed by atoms with E-state index in [1.165, 1.54) is 6.07 Å². The van der Waals surface area contributed by atoms with Crippen molar-refractivity contribution >= 4 is 39.4 Å². The van der Waals surface area contributed by atoms with E-state index in [0.717, 1.165) is 76.9 Å². The topological polar surface area (TPSA) is 222 Å². The molecular weight excluding hydrogens is 1000 g/mol. The number of nitrogens with zero attached hydrogens (tertiary/aromatic N) is 9. The highest BCUT2D eigenvalue weighted by Crippen LogP contribution is 2.53. The number of carbonyl (C=O) groups excluding carboxylic acids is 2. The molecule has 8 aromatic rings. The van der Waals surface area contributed by atoms with Crippen LogP contribution in [0.25, 0.3) is 55.3 Å². The lowest BCUT2D eigenvalue weighted by atomic mass is 9.86. The van der Waals surface area contributed by atoms with E-state index in [1.807, 2.05) is 81.4 Å². The quantitative estimate of drug-likeness (QED) is 0.0518. The summed E-state index contributed by atoms with van der Waals surface area (Å²) in [5.41, 5.74) is 8.40. The molecule has 18 nitrogen and oxygen atoms in total. The summed E-state index contributed by atoms with van der Waals surface area (Å²) in [6.07, 6.45) is 11.6. The minimum atomic E-state index is -0.728. The molecule has 2 amide bonds. The van der Waals surface area contributed by atoms with Gasteiger partial charge in [0.15, 0.2) is 0 Å². The molecule has 4 fully saturated rings. The molecule has 79 heavy (non-hydrogen) atoms. The number of likely N-dealkylation sites (tertiary alicyclic amines) is 1. The Morgan fingerprint density at radius 3 is 2.46 bits per heavy atom. The monoisotopic (exact) mass is 1070 g/mol. The molecule has 4 aromatic carbocycles. The lowest BCUT2D eigenvalue weighted by Crippen LogP contribution is -2.50. The average molecular weight is 1070 g/mol. The molecule has 5 N–H and O–H groups in total. The maximum Gasteiger partial charge on any atom is 0.319 e. The number of H-pyrrole nitrogens is 1. The van der Waals surface area contributed by atoms with Crippen LogP contribution < -0.4 is 20.3 Å². The van der Waals surface area contributed by atoms with E-state index < -0.39 is 23.9 Å². The molecule has 3 aliphatic heterocycles. The molecule has 0 spiro atoms. The molecule has 5 unspecified atom stereocenters. The van der Waals surface area contributed by atoms with E-state index in [9.17, 15) is 19.8 Å². The van der Waals surface area contributed by atoms with Gasteiger partial charge in [0.1, 0.15) is 47.3 Å². The van der Waals surface area contributed by atoms with Crippen molar-refractivity contribution in [3.63, 3.8) is 0 Å². The number of anilines is 1. The molecule has 12 rings (SSSR count). The third-order valence-electron chi connectivity index (χ3n) is 16.4. The fraction of sp³-hybridized carbons (Fsp3) is 0.400. The Kier molecular flexibility index (Phi) is 14.3. The number of aliphatic hydroxyl groups is 1. The fourth-order valence-electron chi connectivity index (χ4n) is 12.0. The number of aromatic amines is 1. The zero-order chi connectivity index (χ0) is 54.5. The van der Waals surface area contributed by atoms with Crippen LogP contribution in [0, 0.1) is 11.7 Å². The number of aromatic hydroxyl groups is 1. The van der Waals surface area contributed by atoms with E-state index in [2.05, 4.69) is 47.1 Å². The SMILES string of the molecule is CO[C@@H](C)COc1nc(N2CC3CC2CN3)c2cc(C3CC3)c(-c3c(CCc4ccc(-c5cn(C(C(=O)N6CCCC6C(=O)NC(CO)c6ccc(-c7cccnc7)cc6)C(C)C)nn5)cc4)c(F)cc4[nH]ncc34)c(O)c2n1. The van der Waals surface area contributed by atoms with Crippen LogP contribution in [0.3, 0.4) is 0 Å². The van der Waals surface area contributed by atoms with E-state index >= 15 is 4.39 Å². The molecule has 6 atom stereocenters. The van der Waals surface area contributed by atoms with Crippen molar-refractivity contribution < 1.29 is 33.7 Å². The van der Waals surface area contributed by atoms with Crippen molar-refractivity contribution in [1.29, 1.82) is 0 Å². The van der Waals surface area contributed by atoms with Gasteiger partial charge in [0, 0.05) is 78.7 Å². The molecule has 4 aliphatic rings. The average Bonchev–Trinajstić information content (AvgIpc) is 4.12. The second-order valence-corrected chi connectivity index (χ2v) is 22.0. The predicted octanol–water partition coefficient (Wildman–Crippen LogP) is 8.00. The maximum absolute atomic E-state index is 16.8. The van der Waals surface area contributed by atoms with Gasteiger partial charge in [0.05, 0.1) is 36.7 Å². The Hall–Kier alpha value is -7.87. The molecular formula is C60H65FN12O6. The number of aromatic nitrogens is 8. The number of benzene rings is 4. The van der Waals surface area contributed by atoms with Gasteiger partial charge in [-0.3, -0.25) is 19.7 Å². The molecule has 408 valence electrons. The van der Waals surface area contributed by atoms with Crippen molar-refractivity contribution in [2.75, 3.05) is 44.9 Å².